The molecular weight excluding hydrogens is 293 g/mol. The Bertz CT molecular complexity index is 486. The van der Waals surface area contributed by atoms with Crippen LogP contribution in [0, 0.1) is 0 Å². The van der Waals surface area contributed by atoms with E-state index in [2.05, 4.69) is 9.47 Å². The van der Waals surface area contributed by atoms with E-state index in [-0.39, 0.29) is 12.2 Å². The molecule has 0 aromatic heterocycles. The molecule has 0 amide bonds. The van der Waals surface area contributed by atoms with Gasteiger partial charge in [0.25, 0.3) is 0 Å². The zero-order chi connectivity index (χ0) is 16.0. The van der Waals surface area contributed by atoms with Crippen LogP contribution in [0.2, 0.25) is 0 Å². The van der Waals surface area contributed by atoms with Gasteiger partial charge in [0.05, 0.1) is 12.2 Å². The molecule has 0 aliphatic heterocycles. The summed E-state index contributed by atoms with van der Waals surface area (Å²) in [5, 5.41) is 9.14. The molecule has 8 heteroatoms. The summed E-state index contributed by atoms with van der Waals surface area (Å²) in [7, 11) is 0. The Kier molecular flexibility index (Phi) is 5.71. The van der Waals surface area contributed by atoms with E-state index in [1.807, 2.05) is 0 Å². The van der Waals surface area contributed by atoms with Crippen LogP contribution in [0.5, 0.6) is 0 Å². The van der Waals surface area contributed by atoms with Crippen LogP contribution in [0.4, 0.5) is 13.2 Å². The molecule has 1 rings (SSSR count). The first-order chi connectivity index (χ1) is 9.77. The first-order valence-corrected chi connectivity index (χ1v) is 5.94. The molecule has 0 unspecified atom stereocenters. The van der Waals surface area contributed by atoms with E-state index in [9.17, 15) is 22.8 Å². The van der Waals surface area contributed by atoms with Crippen LogP contribution in [0.25, 0.3) is 0 Å². The number of halogens is 3. The summed E-state index contributed by atoms with van der Waals surface area (Å²) < 4.78 is 46.3. The van der Waals surface area contributed by atoms with Crippen molar-refractivity contribution in [2.24, 2.45) is 0 Å². The smallest absolute Gasteiger partial charge is 0.418 e. The lowest BCUT2D eigenvalue weighted by Crippen LogP contribution is -2.47. The highest BCUT2D eigenvalue weighted by molar-refractivity contribution is 5.91. The van der Waals surface area contributed by atoms with Gasteiger partial charge in [0.2, 0.25) is 6.10 Å². The van der Waals surface area contributed by atoms with Gasteiger partial charge >= 0.3 is 18.1 Å². The zero-order valence-corrected chi connectivity index (χ0v) is 11.0. The van der Waals surface area contributed by atoms with Crippen LogP contribution in [0.1, 0.15) is 17.3 Å². The Morgan fingerprint density at radius 1 is 1.24 bits per heavy atom. The largest absolute Gasteiger partial charge is 0.463 e. The lowest BCUT2D eigenvalue weighted by molar-refractivity contribution is -0.234. The molecule has 0 spiro atoms. The van der Waals surface area contributed by atoms with Crippen molar-refractivity contribution in [3.05, 3.63) is 35.9 Å². The van der Waals surface area contributed by atoms with Crippen LogP contribution in [-0.2, 0) is 14.3 Å². The summed E-state index contributed by atoms with van der Waals surface area (Å²) in [5.74, 6) is -2.64. The predicted octanol–water partition coefficient (Wildman–Crippen LogP) is 1.70. The molecule has 1 N–H and O–H groups in total. The fourth-order valence-corrected chi connectivity index (χ4v) is 1.40. The monoisotopic (exact) mass is 306 g/mol. The van der Waals surface area contributed by atoms with Gasteiger partial charge in [-0.1, -0.05) is 18.2 Å². The predicted molar refractivity (Wildman–Crippen MR) is 64.3 cm³/mol. The maximum Gasteiger partial charge on any atom is 0.418 e. The van der Waals surface area contributed by atoms with Crippen molar-refractivity contribution in [3.8, 4) is 0 Å². The fourth-order valence-electron chi connectivity index (χ4n) is 1.40. The SMILES string of the molecule is CCOC(=O)[C@@H](OC(=O)c1ccccc1)[C@H](O)C(F)(F)F. The highest BCUT2D eigenvalue weighted by Gasteiger charge is 2.49. The molecule has 21 heavy (non-hydrogen) atoms. The lowest BCUT2D eigenvalue weighted by atomic mass is 10.2. The summed E-state index contributed by atoms with van der Waals surface area (Å²) in [6.07, 6.45) is -10.8. The molecule has 0 heterocycles. The average Bonchev–Trinajstić information content (AvgIpc) is 2.44. The number of aliphatic hydroxyl groups is 1. The molecule has 1 aromatic rings. The zero-order valence-electron chi connectivity index (χ0n) is 11.0. The van der Waals surface area contributed by atoms with Gasteiger partial charge < -0.3 is 14.6 Å². The second kappa shape index (κ2) is 7.07. The number of benzene rings is 1. The topological polar surface area (TPSA) is 72.8 Å². The number of hydrogen-bond donors (Lipinski definition) is 1. The number of esters is 2. The summed E-state index contributed by atoms with van der Waals surface area (Å²) >= 11 is 0. The van der Waals surface area contributed by atoms with Crippen molar-refractivity contribution in [2.75, 3.05) is 6.61 Å². The maximum atomic E-state index is 12.5. The van der Waals surface area contributed by atoms with Crippen LogP contribution in [0.3, 0.4) is 0 Å². The highest BCUT2D eigenvalue weighted by Crippen LogP contribution is 2.25. The van der Waals surface area contributed by atoms with Crippen molar-refractivity contribution < 1.29 is 37.3 Å². The van der Waals surface area contributed by atoms with E-state index in [4.69, 9.17) is 5.11 Å². The number of rotatable bonds is 5. The number of carbonyl (C=O) groups is 2. The molecule has 0 fully saturated rings. The van der Waals surface area contributed by atoms with Gasteiger partial charge in [-0.15, -0.1) is 0 Å². The molecule has 0 aliphatic rings. The molecule has 0 aliphatic carbocycles. The minimum atomic E-state index is -5.13. The van der Waals surface area contributed by atoms with E-state index in [1.54, 1.807) is 6.07 Å². The van der Waals surface area contributed by atoms with E-state index < -0.39 is 30.3 Å². The van der Waals surface area contributed by atoms with Crippen molar-refractivity contribution >= 4 is 11.9 Å². The first-order valence-electron chi connectivity index (χ1n) is 5.94. The summed E-state index contributed by atoms with van der Waals surface area (Å²) in [5.41, 5.74) is -0.0545. The van der Waals surface area contributed by atoms with Crippen molar-refractivity contribution in [2.45, 2.75) is 25.3 Å². The number of ether oxygens (including phenoxy) is 2. The van der Waals surface area contributed by atoms with Crippen LogP contribution in [0.15, 0.2) is 30.3 Å². The Hall–Kier alpha value is -2.09. The Morgan fingerprint density at radius 2 is 1.81 bits per heavy atom. The molecule has 0 saturated carbocycles. The molecule has 5 nitrogen and oxygen atoms in total. The minimum Gasteiger partial charge on any atom is -0.463 e. The third-order valence-corrected chi connectivity index (χ3v) is 2.38. The second-order valence-electron chi connectivity index (χ2n) is 3.93. The van der Waals surface area contributed by atoms with E-state index >= 15 is 0 Å². The molecule has 0 saturated heterocycles. The van der Waals surface area contributed by atoms with Gasteiger partial charge in [-0.25, -0.2) is 9.59 Å². The van der Waals surface area contributed by atoms with Crippen LogP contribution in [-0.4, -0.2) is 42.0 Å². The number of carbonyl (C=O) groups excluding carboxylic acids is 2. The van der Waals surface area contributed by atoms with Gasteiger partial charge in [-0.3, -0.25) is 0 Å². The van der Waals surface area contributed by atoms with Crippen molar-refractivity contribution in [3.63, 3.8) is 0 Å². The molecular formula is C13H13F3O5. The minimum absolute atomic E-state index is 0.0545. The number of hydrogen-bond acceptors (Lipinski definition) is 5. The van der Waals surface area contributed by atoms with Gasteiger partial charge in [0.1, 0.15) is 0 Å². The quantitative estimate of drug-likeness (QED) is 0.838. The normalized spacial score (nSPS) is 14.1. The third kappa shape index (κ3) is 4.75. The molecule has 0 radical (unpaired) electrons. The van der Waals surface area contributed by atoms with Crippen molar-refractivity contribution in [1.82, 2.24) is 0 Å². The van der Waals surface area contributed by atoms with E-state index in [1.165, 1.54) is 31.2 Å². The van der Waals surface area contributed by atoms with Crippen LogP contribution < -0.4 is 0 Å². The Labute approximate surface area is 118 Å². The van der Waals surface area contributed by atoms with Crippen molar-refractivity contribution in [1.29, 1.82) is 0 Å². The average molecular weight is 306 g/mol. The molecule has 0 bridgehead atoms. The van der Waals surface area contributed by atoms with Gasteiger partial charge in [-0.05, 0) is 19.1 Å². The Balaban J connectivity index is 2.92. The third-order valence-electron chi connectivity index (χ3n) is 2.38. The van der Waals surface area contributed by atoms with Gasteiger partial charge in [0, 0.05) is 0 Å². The second-order valence-corrected chi connectivity index (χ2v) is 3.93. The van der Waals surface area contributed by atoms with E-state index in [0.29, 0.717) is 0 Å². The van der Waals surface area contributed by atoms with Crippen LogP contribution >= 0.6 is 0 Å². The number of alkyl halides is 3. The molecule has 1 aromatic carbocycles. The van der Waals surface area contributed by atoms with Gasteiger partial charge in [0.15, 0.2) is 6.10 Å². The molecule has 116 valence electrons. The Morgan fingerprint density at radius 3 is 2.29 bits per heavy atom. The maximum absolute atomic E-state index is 12.5. The standard InChI is InChI=1S/C13H13F3O5/c1-2-20-12(19)9(10(17)13(14,15)16)21-11(18)8-6-4-3-5-7-8/h3-7,9-10,17H,2H2,1H3/t9-,10-/m0/s1. The first kappa shape index (κ1) is 17.0. The number of aliphatic hydroxyl groups excluding tert-OH is 1. The van der Waals surface area contributed by atoms with E-state index in [0.717, 1.165) is 0 Å². The summed E-state index contributed by atoms with van der Waals surface area (Å²) in [6, 6.07) is 7.12. The summed E-state index contributed by atoms with van der Waals surface area (Å²) in [6.45, 7) is 1.15. The summed E-state index contributed by atoms with van der Waals surface area (Å²) in [4.78, 5) is 23.1. The fraction of sp³-hybridized carbons (Fsp3) is 0.385. The molecule has 2 atom stereocenters. The highest BCUT2D eigenvalue weighted by atomic mass is 19.4. The van der Waals surface area contributed by atoms with Gasteiger partial charge in [-0.2, -0.15) is 13.2 Å². The lowest BCUT2D eigenvalue weighted by Gasteiger charge is -2.23.